The van der Waals surface area contributed by atoms with Crippen LogP contribution in [0.15, 0.2) is 18.2 Å². The van der Waals surface area contributed by atoms with Gasteiger partial charge in [0, 0.05) is 12.3 Å². The fourth-order valence-corrected chi connectivity index (χ4v) is 2.32. The van der Waals surface area contributed by atoms with Gasteiger partial charge in [0.15, 0.2) is 0 Å². The zero-order valence-corrected chi connectivity index (χ0v) is 12.8. The third kappa shape index (κ3) is 4.11. The second-order valence-electron chi connectivity index (χ2n) is 5.03. The molecule has 2 rings (SSSR count). The van der Waals surface area contributed by atoms with Gasteiger partial charge >= 0.3 is 5.97 Å². The third-order valence-corrected chi connectivity index (χ3v) is 3.70. The van der Waals surface area contributed by atoms with E-state index in [0.717, 1.165) is 18.4 Å². The van der Waals surface area contributed by atoms with Gasteiger partial charge in [0.05, 0.1) is 19.2 Å². The third-order valence-electron chi connectivity index (χ3n) is 3.41. The Morgan fingerprint density at radius 3 is 2.62 bits per heavy atom. The number of benzene rings is 1. The summed E-state index contributed by atoms with van der Waals surface area (Å²) in [5.41, 5.74) is 0.826. The molecule has 0 radical (unpaired) electrons. The Balaban J connectivity index is 2.08. The van der Waals surface area contributed by atoms with Gasteiger partial charge in [-0.2, -0.15) is 0 Å². The highest BCUT2D eigenvalue weighted by molar-refractivity contribution is 6.32. The van der Waals surface area contributed by atoms with Crippen molar-refractivity contribution in [1.82, 2.24) is 5.32 Å². The summed E-state index contributed by atoms with van der Waals surface area (Å²) in [6.07, 6.45) is 2.09. The predicted molar refractivity (Wildman–Crippen MR) is 78.4 cm³/mol. The van der Waals surface area contributed by atoms with Crippen molar-refractivity contribution >= 4 is 23.5 Å². The number of nitrogens with one attached hydrogen (secondary N) is 1. The number of carbonyl (C=O) groups is 2. The summed E-state index contributed by atoms with van der Waals surface area (Å²) in [5.74, 6) is 0.0506. The summed E-state index contributed by atoms with van der Waals surface area (Å²) in [4.78, 5) is 23.6. The lowest BCUT2D eigenvalue weighted by Crippen LogP contribution is -2.43. The van der Waals surface area contributed by atoms with Crippen LogP contribution >= 0.6 is 11.6 Å². The molecule has 1 N–H and O–H groups in total. The van der Waals surface area contributed by atoms with E-state index < -0.39 is 12.0 Å². The van der Waals surface area contributed by atoms with Crippen LogP contribution < -0.4 is 10.1 Å². The normalized spacial score (nSPS) is 15.2. The molecule has 1 aromatic carbocycles. The molecule has 0 bridgehead atoms. The van der Waals surface area contributed by atoms with E-state index in [-0.39, 0.29) is 11.8 Å². The first-order valence-electron chi connectivity index (χ1n) is 6.75. The molecule has 1 fully saturated rings. The Morgan fingerprint density at radius 2 is 2.10 bits per heavy atom. The summed E-state index contributed by atoms with van der Waals surface area (Å²) in [5, 5.41) is 3.20. The molecule has 1 aromatic rings. The van der Waals surface area contributed by atoms with Gasteiger partial charge in [-0.25, -0.2) is 4.79 Å². The zero-order chi connectivity index (χ0) is 15.4. The maximum atomic E-state index is 11.8. The second-order valence-corrected chi connectivity index (χ2v) is 5.44. The van der Waals surface area contributed by atoms with Crippen LogP contribution in [-0.2, 0) is 20.7 Å². The van der Waals surface area contributed by atoms with Gasteiger partial charge in [0.1, 0.15) is 11.8 Å². The Hall–Kier alpha value is -1.75. The SMILES string of the molecule is COC(=O)[C@H](Cc1ccc(OC)c(Cl)c1)NC(=O)C1CC1. The second kappa shape index (κ2) is 6.80. The first kappa shape index (κ1) is 15.6. The van der Waals surface area contributed by atoms with Crippen molar-refractivity contribution in [1.29, 1.82) is 0 Å². The summed E-state index contributed by atoms with van der Waals surface area (Å²) >= 11 is 6.06. The smallest absolute Gasteiger partial charge is 0.328 e. The molecule has 6 heteroatoms. The molecular weight excluding hydrogens is 294 g/mol. The fraction of sp³-hybridized carbons (Fsp3) is 0.467. The largest absolute Gasteiger partial charge is 0.495 e. The van der Waals surface area contributed by atoms with Crippen LogP contribution in [0.1, 0.15) is 18.4 Å². The van der Waals surface area contributed by atoms with Crippen molar-refractivity contribution < 1.29 is 19.1 Å². The lowest BCUT2D eigenvalue weighted by atomic mass is 10.1. The van der Waals surface area contributed by atoms with E-state index in [9.17, 15) is 9.59 Å². The molecule has 0 aliphatic heterocycles. The lowest BCUT2D eigenvalue weighted by molar-refractivity contribution is -0.145. The number of esters is 1. The van der Waals surface area contributed by atoms with E-state index in [4.69, 9.17) is 21.1 Å². The number of rotatable bonds is 6. The Kier molecular flexibility index (Phi) is 5.07. The topological polar surface area (TPSA) is 64.6 Å². The minimum atomic E-state index is -0.701. The predicted octanol–water partition coefficient (Wildman–Crippen LogP) is 1.96. The lowest BCUT2D eigenvalue weighted by Gasteiger charge is -2.17. The van der Waals surface area contributed by atoms with Crippen molar-refractivity contribution in [3.8, 4) is 5.75 Å². The molecule has 5 nitrogen and oxygen atoms in total. The summed E-state index contributed by atoms with van der Waals surface area (Å²) < 4.78 is 9.83. The zero-order valence-electron chi connectivity index (χ0n) is 12.0. The van der Waals surface area contributed by atoms with Gasteiger partial charge < -0.3 is 14.8 Å². The van der Waals surface area contributed by atoms with Crippen molar-refractivity contribution in [2.75, 3.05) is 14.2 Å². The maximum absolute atomic E-state index is 11.8. The van der Waals surface area contributed by atoms with Crippen LogP contribution in [0.25, 0.3) is 0 Å². The van der Waals surface area contributed by atoms with Gasteiger partial charge in [-0.1, -0.05) is 17.7 Å². The molecule has 1 saturated carbocycles. The minimum Gasteiger partial charge on any atom is -0.495 e. The average molecular weight is 312 g/mol. The van der Waals surface area contributed by atoms with Gasteiger partial charge in [0.2, 0.25) is 5.91 Å². The molecule has 1 aliphatic rings. The first-order chi connectivity index (χ1) is 10.0. The quantitative estimate of drug-likeness (QED) is 0.816. The molecule has 0 saturated heterocycles. The van der Waals surface area contributed by atoms with Gasteiger partial charge in [-0.15, -0.1) is 0 Å². The van der Waals surface area contributed by atoms with Crippen molar-refractivity contribution in [3.05, 3.63) is 28.8 Å². The van der Waals surface area contributed by atoms with E-state index in [2.05, 4.69) is 5.32 Å². The van der Waals surface area contributed by atoms with Gasteiger partial charge in [-0.3, -0.25) is 4.79 Å². The number of hydrogen-bond donors (Lipinski definition) is 1. The highest BCUT2D eigenvalue weighted by atomic mass is 35.5. The molecule has 114 valence electrons. The molecule has 21 heavy (non-hydrogen) atoms. The van der Waals surface area contributed by atoms with E-state index in [1.54, 1.807) is 12.1 Å². The number of carbonyl (C=O) groups excluding carboxylic acids is 2. The van der Waals surface area contributed by atoms with E-state index in [1.807, 2.05) is 6.07 Å². The number of amides is 1. The monoisotopic (exact) mass is 311 g/mol. The van der Waals surface area contributed by atoms with Crippen LogP contribution in [0, 0.1) is 5.92 Å². The Morgan fingerprint density at radius 1 is 1.38 bits per heavy atom. The number of methoxy groups -OCH3 is 2. The van der Waals surface area contributed by atoms with E-state index >= 15 is 0 Å². The maximum Gasteiger partial charge on any atom is 0.328 e. The summed E-state index contributed by atoms with van der Waals surface area (Å²) in [6, 6.07) is 4.56. The minimum absolute atomic E-state index is 0.0385. The average Bonchev–Trinajstić information content (AvgIpc) is 3.30. The molecule has 1 amide bonds. The Labute approximate surface area is 128 Å². The van der Waals surface area contributed by atoms with Crippen LogP contribution in [0.5, 0.6) is 5.75 Å². The fourth-order valence-electron chi connectivity index (χ4n) is 2.04. The molecule has 1 aliphatic carbocycles. The van der Waals surface area contributed by atoms with Gasteiger partial charge in [-0.05, 0) is 30.5 Å². The molecule has 0 spiro atoms. The highest BCUT2D eigenvalue weighted by Crippen LogP contribution is 2.29. The number of ether oxygens (including phenoxy) is 2. The molecule has 1 atom stereocenters. The van der Waals surface area contributed by atoms with Crippen molar-refractivity contribution in [3.63, 3.8) is 0 Å². The van der Waals surface area contributed by atoms with E-state index in [0.29, 0.717) is 17.2 Å². The number of halogens is 1. The van der Waals surface area contributed by atoms with Crippen LogP contribution in [0.4, 0.5) is 0 Å². The molecular formula is C15H18ClNO4. The molecule has 0 unspecified atom stereocenters. The summed E-state index contributed by atoms with van der Waals surface area (Å²) in [6.45, 7) is 0. The Bertz CT molecular complexity index is 542. The standard InChI is InChI=1S/C15H18ClNO4/c1-20-13-6-3-9(7-11(13)16)8-12(15(19)21-2)17-14(18)10-4-5-10/h3,6-7,10,12H,4-5,8H2,1-2H3,(H,17,18)/t12-/m0/s1. The van der Waals surface area contributed by atoms with Crippen LogP contribution in [0.3, 0.4) is 0 Å². The van der Waals surface area contributed by atoms with Crippen LogP contribution in [0.2, 0.25) is 5.02 Å². The first-order valence-corrected chi connectivity index (χ1v) is 7.13. The molecule has 0 heterocycles. The van der Waals surface area contributed by atoms with Gasteiger partial charge in [0.25, 0.3) is 0 Å². The van der Waals surface area contributed by atoms with Crippen molar-refractivity contribution in [2.45, 2.75) is 25.3 Å². The highest BCUT2D eigenvalue weighted by Gasteiger charge is 2.33. The van der Waals surface area contributed by atoms with E-state index in [1.165, 1.54) is 14.2 Å². The summed E-state index contributed by atoms with van der Waals surface area (Å²) in [7, 11) is 2.84. The number of hydrogen-bond acceptors (Lipinski definition) is 4. The van der Waals surface area contributed by atoms with Crippen LogP contribution in [-0.4, -0.2) is 32.1 Å². The van der Waals surface area contributed by atoms with Crippen molar-refractivity contribution in [2.24, 2.45) is 5.92 Å². The molecule has 0 aromatic heterocycles.